The Balaban J connectivity index is 1.74. The average molecular weight is 504 g/mol. The fourth-order valence-electron chi connectivity index (χ4n) is 5.62. The summed E-state index contributed by atoms with van der Waals surface area (Å²) >= 11 is 0. The summed E-state index contributed by atoms with van der Waals surface area (Å²) in [6.45, 7) is 8.79. The number of alkyl halides is 3. The minimum atomic E-state index is -4.75. The Bertz CT molecular complexity index is 1250. The highest BCUT2D eigenvalue weighted by atomic mass is 19.4. The van der Waals surface area contributed by atoms with Gasteiger partial charge in [-0.15, -0.1) is 13.2 Å². The van der Waals surface area contributed by atoms with Crippen LogP contribution in [-0.4, -0.2) is 27.0 Å². The van der Waals surface area contributed by atoms with Crippen LogP contribution >= 0.6 is 0 Å². The number of fused-ring (bicyclic) bond motifs is 1. The van der Waals surface area contributed by atoms with Crippen LogP contribution in [0.1, 0.15) is 63.6 Å². The van der Waals surface area contributed by atoms with Gasteiger partial charge in [0.05, 0.1) is 11.0 Å². The number of halogens is 3. The fraction of sp³-hybridized carbons (Fsp3) is 0.481. The molecule has 2 aromatic carbocycles. The van der Waals surface area contributed by atoms with Crippen molar-refractivity contribution in [3.8, 4) is 5.75 Å². The largest absolute Gasteiger partial charge is 0.573 e. The highest BCUT2D eigenvalue weighted by Crippen LogP contribution is 2.46. The molecule has 6 nitrogen and oxygen atoms in total. The van der Waals surface area contributed by atoms with E-state index in [1.165, 1.54) is 24.3 Å². The third kappa shape index (κ3) is 6.12. The number of carboxylic acids is 1. The Labute approximate surface area is 208 Å². The van der Waals surface area contributed by atoms with E-state index in [1.807, 2.05) is 13.0 Å². The molecule has 2 atom stereocenters. The molecule has 0 aliphatic heterocycles. The van der Waals surface area contributed by atoms with Gasteiger partial charge in [-0.3, -0.25) is 4.79 Å². The lowest BCUT2D eigenvalue weighted by molar-refractivity contribution is -0.274. The number of hydrogen-bond acceptors (Lipinski definition) is 4. The van der Waals surface area contributed by atoms with Crippen LogP contribution in [-0.2, 0) is 11.2 Å². The normalized spacial score (nSPS) is 19.9. The molecule has 2 N–H and O–H groups in total. The van der Waals surface area contributed by atoms with Crippen LogP contribution in [0.4, 0.5) is 24.8 Å². The molecule has 1 aromatic heterocycles. The maximum Gasteiger partial charge on any atom is 0.573 e. The highest BCUT2D eigenvalue weighted by Gasteiger charge is 2.35. The molecular formula is C27H32F3N3O3. The molecular weight excluding hydrogens is 471 g/mol. The summed E-state index contributed by atoms with van der Waals surface area (Å²) in [7, 11) is 0. The van der Waals surface area contributed by atoms with Gasteiger partial charge in [0, 0.05) is 18.2 Å². The summed E-state index contributed by atoms with van der Waals surface area (Å²) in [4.78, 5) is 16.0. The molecule has 1 saturated carbocycles. The van der Waals surface area contributed by atoms with Crippen molar-refractivity contribution in [2.45, 2.75) is 72.2 Å². The summed E-state index contributed by atoms with van der Waals surface area (Å²) in [6.07, 6.45) is -1.20. The molecule has 9 heteroatoms. The molecule has 1 heterocycles. The van der Waals surface area contributed by atoms with Crippen LogP contribution in [0.25, 0.3) is 11.0 Å². The standard InChI is InChI=1S/C27H32F3N3O3/c1-16-11-20(15-26(3,4)14-16)33-23-12-17(2)18(5-10-24(34)35)13-22(23)32-25(33)31-19-6-8-21(9-7-19)36-27(28,29)30/h6-9,12-13,16,20H,5,10-11,14-15H2,1-4H3,(H,31,32)(H,34,35)/t16-,20+/m0/s1. The molecule has 0 saturated heterocycles. The third-order valence-corrected chi connectivity index (χ3v) is 6.83. The first-order valence-electron chi connectivity index (χ1n) is 12.2. The lowest BCUT2D eigenvalue weighted by atomic mass is 9.70. The highest BCUT2D eigenvalue weighted by molar-refractivity contribution is 5.82. The average Bonchev–Trinajstić information content (AvgIpc) is 3.07. The van der Waals surface area contributed by atoms with E-state index in [9.17, 15) is 18.0 Å². The van der Waals surface area contributed by atoms with Gasteiger partial charge in [0.1, 0.15) is 5.75 Å². The van der Waals surface area contributed by atoms with Crippen molar-refractivity contribution in [2.24, 2.45) is 11.3 Å². The SMILES string of the molecule is Cc1cc2c(cc1CCC(=O)O)nc(Nc1ccc(OC(F)(F)F)cc1)n2[C@@H]1C[C@H](C)CC(C)(C)C1. The van der Waals surface area contributed by atoms with E-state index in [1.54, 1.807) is 0 Å². The zero-order valence-corrected chi connectivity index (χ0v) is 20.9. The maximum atomic E-state index is 12.5. The number of anilines is 2. The molecule has 0 amide bonds. The number of carbonyl (C=O) groups is 1. The van der Waals surface area contributed by atoms with Crippen LogP contribution in [0.3, 0.4) is 0 Å². The van der Waals surface area contributed by atoms with Gasteiger partial charge in [0.15, 0.2) is 0 Å². The number of nitrogens with zero attached hydrogens (tertiary/aromatic N) is 2. The molecule has 3 aromatic rings. The number of nitrogens with one attached hydrogen (secondary N) is 1. The summed E-state index contributed by atoms with van der Waals surface area (Å²) in [5, 5.41) is 12.4. The first kappa shape index (κ1) is 25.9. The van der Waals surface area contributed by atoms with Crippen LogP contribution in [0.5, 0.6) is 5.75 Å². The summed E-state index contributed by atoms with van der Waals surface area (Å²) in [5.74, 6) is -0.000164. The molecule has 0 spiro atoms. The number of aliphatic carboxylic acids is 1. The third-order valence-electron chi connectivity index (χ3n) is 6.83. The number of ether oxygens (including phenoxy) is 1. The topological polar surface area (TPSA) is 76.4 Å². The van der Waals surface area contributed by atoms with Crippen molar-refractivity contribution in [1.82, 2.24) is 9.55 Å². The number of hydrogen-bond donors (Lipinski definition) is 2. The Morgan fingerprint density at radius 3 is 2.53 bits per heavy atom. The monoisotopic (exact) mass is 503 g/mol. The zero-order chi connectivity index (χ0) is 26.3. The zero-order valence-electron chi connectivity index (χ0n) is 20.9. The molecule has 1 aliphatic rings. The summed E-state index contributed by atoms with van der Waals surface area (Å²) in [5.41, 5.74) is 4.41. The lowest BCUT2D eigenvalue weighted by Crippen LogP contribution is -2.29. The van der Waals surface area contributed by atoms with E-state index in [0.29, 0.717) is 24.0 Å². The van der Waals surface area contributed by atoms with E-state index in [2.05, 4.69) is 41.5 Å². The van der Waals surface area contributed by atoms with Crippen LogP contribution in [0.15, 0.2) is 36.4 Å². The minimum absolute atomic E-state index is 0.0405. The second-order valence-electron chi connectivity index (χ2n) is 10.7. The predicted octanol–water partition coefficient (Wildman–Crippen LogP) is 7.39. The van der Waals surface area contributed by atoms with Crippen LogP contribution < -0.4 is 10.1 Å². The Kier molecular flexibility index (Phi) is 6.94. The van der Waals surface area contributed by atoms with Gasteiger partial charge in [-0.1, -0.05) is 20.8 Å². The van der Waals surface area contributed by atoms with Crippen molar-refractivity contribution < 1.29 is 27.8 Å². The maximum absolute atomic E-state index is 12.5. The van der Waals surface area contributed by atoms with E-state index in [0.717, 1.165) is 41.4 Å². The predicted molar refractivity (Wildman–Crippen MR) is 133 cm³/mol. The Hall–Kier alpha value is -3.23. The Morgan fingerprint density at radius 1 is 1.22 bits per heavy atom. The first-order chi connectivity index (χ1) is 16.8. The van der Waals surface area contributed by atoms with Crippen LogP contribution in [0, 0.1) is 18.3 Å². The van der Waals surface area contributed by atoms with Crippen molar-refractivity contribution in [3.05, 3.63) is 47.5 Å². The van der Waals surface area contributed by atoms with Gasteiger partial charge in [0.2, 0.25) is 5.95 Å². The first-order valence-corrected chi connectivity index (χ1v) is 12.2. The van der Waals surface area contributed by atoms with Crippen LogP contribution in [0.2, 0.25) is 0 Å². The molecule has 0 bridgehead atoms. The number of aromatic nitrogens is 2. The second-order valence-corrected chi connectivity index (χ2v) is 10.7. The number of rotatable bonds is 7. The number of imidazole rings is 1. The molecule has 0 radical (unpaired) electrons. The van der Waals surface area contributed by atoms with E-state index in [-0.39, 0.29) is 23.6 Å². The van der Waals surface area contributed by atoms with E-state index in [4.69, 9.17) is 10.1 Å². The van der Waals surface area contributed by atoms with Gasteiger partial charge in [-0.25, -0.2) is 4.98 Å². The summed E-state index contributed by atoms with van der Waals surface area (Å²) < 4.78 is 43.8. The molecule has 1 aliphatic carbocycles. The molecule has 194 valence electrons. The van der Waals surface area contributed by atoms with E-state index < -0.39 is 12.3 Å². The van der Waals surface area contributed by atoms with Crippen molar-refractivity contribution in [1.29, 1.82) is 0 Å². The van der Waals surface area contributed by atoms with Crippen molar-refractivity contribution in [3.63, 3.8) is 0 Å². The molecule has 0 unspecified atom stereocenters. The number of aryl methyl sites for hydroxylation is 2. The van der Waals surface area contributed by atoms with Crippen molar-refractivity contribution >= 4 is 28.6 Å². The second kappa shape index (κ2) is 9.67. The number of carboxylic acid groups (broad SMARTS) is 1. The molecule has 36 heavy (non-hydrogen) atoms. The smallest absolute Gasteiger partial charge is 0.481 e. The van der Waals surface area contributed by atoms with Gasteiger partial charge in [-0.05, 0) is 91.5 Å². The Morgan fingerprint density at radius 2 is 1.92 bits per heavy atom. The molecule has 1 fully saturated rings. The van der Waals surface area contributed by atoms with Gasteiger partial charge >= 0.3 is 12.3 Å². The minimum Gasteiger partial charge on any atom is -0.481 e. The molecule has 4 rings (SSSR count). The van der Waals surface area contributed by atoms with Crippen molar-refractivity contribution in [2.75, 3.05) is 5.32 Å². The number of benzene rings is 2. The fourth-order valence-corrected chi connectivity index (χ4v) is 5.62. The van der Waals surface area contributed by atoms with Gasteiger partial charge in [0.25, 0.3) is 0 Å². The van der Waals surface area contributed by atoms with E-state index >= 15 is 0 Å². The van der Waals surface area contributed by atoms with Gasteiger partial charge in [-0.2, -0.15) is 0 Å². The quantitative estimate of drug-likeness (QED) is 0.352. The lowest BCUT2D eigenvalue weighted by Gasteiger charge is -2.40. The van der Waals surface area contributed by atoms with Gasteiger partial charge < -0.3 is 19.7 Å². The summed E-state index contributed by atoms with van der Waals surface area (Å²) in [6, 6.07) is 9.80.